The third-order valence-corrected chi connectivity index (χ3v) is 3.55. The number of hydrogen-bond acceptors (Lipinski definition) is 4. The van der Waals surface area contributed by atoms with Crippen LogP contribution in [0.15, 0.2) is 47.5 Å². The first-order valence-electron chi connectivity index (χ1n) is 7.33. The van der Waals surface area contributed by atoms with Gasteiger partial charge in [-0.05, 0) is 38.1 Å². The highest BCUT2D eigenvalue weighted by Gasteiger charge is 2.16. The summed E-state index contributed by atoms with van der Waals surface area (Å²) in [6.07, 6.45) is 3.13. The fourth-order valence-corrected chi connectivity index (χ4v) is 2.38. The number of amides is 1. The minimum absolute atomic E-state index is 0.0793. The Kier molecular flexibility index (Phi) is 3.89. The summed E-state index contributed by atoms with van der Waals surface area (Å²) in [6, 6.07) is 8.67. The van der Waals surface area contributed by atoms with Crippen molar-refractivity contribution in [3.8, 4) is 0 Å². The Morgan fingerprint density at radius 2 is 2.09 bits per heavy atom. The van der Waals surface area contributed by atoms with E-state index in [1.165, 1.54) is 0 Å². The van der Waals surface area contributed by atoms with Crippen molar-refractivity contribution >= 4 is 22.8 Å². The molecule has 116 valence electrons. The summed E-state index contributed by atoms with van der Waals surface area (Å²) in [7, 11) is 0. The predicted molar refractivity (Wildman–Crippen MR) is 88.6 cm³/mol. The zero-order valence-corrected chi connectivity index (χ0v) is 12.9. The van der Waals surface area contributed by atoms with Crippen LogP contribution in [0, 0.1) is 6.92 Å². The van der Waals surface area contributed by atoms with E-state index in [0.29, 0.717) is 23.4 Å². The van der Waals surface area contributed by atoms with Crippen LogP contribution in [0.25, 0.3) is 11.0 Å². The Balaban J connectivity index is 2.11. The summed E-state index contributed by atoms with van der Waals surface area (Å²) in [5.74, 6) is -0.0690. The van der Waals surface area contributed by atoms with E-state index in [-0.39, 0.29) is 11.0 Å². The molecular weight excluding hydrogens is 292 g/mol. The molecule has 3 aromatic rings. The average Bonchev–Trinajstić information content (AvgIpc) is 2.56. The lowest BCUT2D eigenvalue weighted by Crippen LogP contribution is -2.24. The topological polar surface area (TPSA) is 76.9 Å². The molecule has 0 spiro atoms. The van der Waals surface area contributed by atoms with Gasteiger partial charge in [0.05, 0.1) is 5.39 Å². The van der Waals surface area contributed by atoms with Crippen LogP contribution < -0.4 is 10.7 Å². The van der Waals surface area contributed by atoms with Crippen molar-refractivity contribution in [1.82, 2.24) is 14.5 Å². The van der Waals surface area contributed by atoms with Crippen molar-refractivity contribution in [2.24, 2.45) is 0 Å². The van der Waals surface area contributed by atoms with E-state index >= 15 is 0 Å². The van der Waals surface area contributed by atoms with Gasteiger partial charge in [-0.2, -0.15) is 0 Å². The summed E-state index contributed by atoms with van der Waals surface area (Å²) in [6.45, 7) is 4.41. The van der Waals surface area contributed by atoms with Crippen LogP contribution in [0.4, 0.5) is 5.82 Å². The molecule has 3 aromatic heterocycles. The normalized spacial score (nSPS) is 10.7. The van der Waals surface area contributed by atoms with E-state index in [4.69, 9.17) is 0 Å². The summed E-state index contributed by atoms with van der Waals surface area (Å²) in [5, 5.41) is 3.08. The van der Waals surface area contributed by atoms with Gasteiger partial charge in [0.15, 0.2) is 0 Å². The lowest BCUT2D eigenvalue weighted by atomic mass is 10.1. The number of carbonyl (C=O) groups is 1. The molecule has 0 aliphatic heterocycles. The van der Waals surface area contributed by atoms with Crippen molar-refractivity contribution in [2.45, 2.75) is 20.4 Å². The molecule has 0 fully saturated rings. The molecule has 0 saturated carbocycles. The second-order valence-corrected chi connectivity index (χ2v) is 5.15. The van der Waals surface area contributed by atoms with Gasteiger partial charge in [-0.25, -0.2) is 9.97 Å². The largest absolute Gasteiger partial charge is 0.332 e. The molecule has 0 saturated heterocycles. The molecular formula is C17H16N4O2. The summed E-state index contributed by atoms with van der Waals surface area (Å²) in [4.78, 5) is 33.5. The zero-order chi connectivity index (χ0) is 16.4. The second kappa shape index (κ2) is 6.00. The molecule has 0 aromatic carbocycles. The van der Waals surface area contributed by atoms with Crippen molar-refractivity contribution in [3.63, 3.8) is 0 Å². The number of nitrogens with zero attached hydrogens (tertiary/aromatic N) is 3. The highest BCUT2D eigenvalue weighted by molar-refractivity contribution is 6.05. The minimum Gasteiger partial charge on any atom is -0.332 e. The maximum atomic E-state index is 12.6. The summed E-state index contributed by atoms with van der Waals surface area (Å²) in [5.41, 5.74) is 1.16. The number of hydrogen-bond donors (Lipinski definition) is 1. The Morgan fingerprint density at radius 1 is 1.26 bits per heavy atom. The van der Waals surface area contributed by atoms with E-state index in [1.807, 2.05) is 13.8 Å². The van der Waals surface area contributed by atoms with Crippen LogP contribution in [-0.4, -0.2) is 20.4 Å². The van der Waals surface area contributed by atoms with Crippen LogP contribution in [0.3, 0.4) is 0 Å². The number of pyridine rings is 3. The molecule has 23 heavy (non-hydrogen) atoms. The molecule has 6 heteroatoms. The second-order valence-electron chi connectivity index (χ2n) is 5.15. The first-order chi connectivity index (χ1) is 11.1. The zero-order valence-electron chi connectivity index (χ0n) is 12.9. The smallest absolute Gasteiger partial charge is 0.262 e. The number of aromatic nitrogens is 3. The number of rotatable bonds is 3. The number of fused-ring (bicyclic) bond motifs is 1. The van der Waals surface area contributed by atoms with Gasteiger partial charge in [-0.1, -0.05) is 6.07 Å². The molecule has 0 aliphatic rings. The standard InChI is InChI=1S/C17H16N4O2/c1-3-21-10-13(17(23)20-14-6-4-5-9-18-14)15(22)12-8-7-11(2)19-16(12)21/h4-10H,3H2,1-2H3,(H,18,20,23). The van der Waals surface area contributed by atoms with Gasteiger partial charge in [-0.3, -0.25) is 9.59 Å². The lowest BCUT2D eigenvalue weighted by molar-refractivity contribution is 0.102. The molecule has 0 unspecified atom stereocenters. The first-order valence-corrected chi connectivity index (χ1v) is 7.33. The van der Waals surface area contributed by atoms with E-state index < -0.39 is 5.91 Å². The molecule has 0 radical (unpaired) electrons. The highest BCUT2D eigenvalue weighted by Crippen LogP contribution is 2.12. The van der Waals surface area contributed by atoms with Crippen LogP contribution in [0.5, 0.6) is 0 Å². The number of carbonyl (C=O) groups excluding carboxylic acids is 1. The monoisotopic (exact) mass is 308 g/mol. The molecule has 1 amide bonds. The highest BCUT2D eigenvalue weighted by atomic mass is 16.2. The molecule has 6 nitrogen and oxygen atoms in total. The molecule has 0 bridgehead atoms. The molecule has 0 atom stereocenters. The number of nitrogens with one attached hydrogen (secondary N) is 1. The third kappa shape index (κ3) is 2.83. The maximum absolute atomic E-state index is 12.6. The van der Waals surface area contributed by atoms with Gasteiger partial charge in [0.2, 0.25) is 5.43 Å². The van der Waals surface area contributed by atoms with Gasteiger partial charge in [0, 0.05) is 24.6 Å². The Labute approximate surface area is 132 Å². The van der Waals surface area contributed by atoms with E-state index in [2.05, 4.69) is 15.3 Å². The number of aryl methyl sites for hydroxylation is 2. The van der Waals surface area contributed by atoms with Crippen LogP contribution in [0.2, 0.25) is 0 Å². The van der Waals surface area contributed by atoms with Crippen molar-refractivity contribution in [3.05, 3.63) is 64.2 Å². The predicted octanol–water partition coefficient (Wildman–Crippen LogP) is 2.37. The lowest BCUT2D eigenvalue weighted by Gasteiger charge is -2.11. The third-order valence-electron chi connectivity index (χ3n) is 3.55. The van der Waals surface area contributed by atoms with Crippen LogP contribution >= 0.6 is 0 Å². The van der Waals surface area contributed by atoms with Gasteiger partial charge in [-0.15, -0.1) is 0 Å². The van der Waals surface area contributed by atoms with Crippen molar-refractivity contribution in [2.75, 3.05) is 5.32 Å². The SMILES string of the molecule is CCn1cc(C(=O)Nc2ccccn2)c(=O)c2ccc(C)nc21. The van der Waals surface area contributed by atoms with Gasteiger partial charge in [0.25, 0.3) is 5.91 Å². The molecule has 3 heterocycles. The van der Waals surface area contributed by atoms with Gasteiger partial charge in [0.1, 0.15) is 17.0 Å². The van der Waals surface area contributed by atoms with Crippen LogP contribution in [-0.2, 0) is 6.54 Å². The Hall–Kier alpha value is -3.02. The minimum atomic E-state index is -0.474. The average molecular weight is 308 g/mol. The number of anilines is 1. The Morgan fingerprint density at radius 3 is 2.78 bits per heavy atom. The Bertz CT molecular complexity index is 932. The van der Waals surface area contributed by atoms with Crippen LogP contribution in [0.1, 0.15) is 23.0 Å². The quantitative estimate of drug-likeness (QED) is 0.806. The van der Waals surface area contributed by atoms with E-state index in [9.17, 15) is 9.59 Å². The van der Waals surface area contributed by atoms with E-state index in [1.54, 1.807) is 47.3 Å². The molecule has 0 aliphatic carbocycles. The van der Waals surface area contributed by atoms with E-state index in [0.717, 1.165) is 5.69 Å². The van der Waals surface area contributed by atoms with Crippen molar-refractivity contribution < 1.29 is 4.79 Å². The van der Waals surface area contributed by atoms with Crippen molar-refractivity contribution in [1.29, 1.82) is 0 Å². The molecule has 3 rings (SSSR count). The fourth-order valence-electron chi connectivity index (χ4n) is 2.38. The summed E-state index contributed by atoms with van der Waals surface area (Å²) >= 11 is 0. The fraction of sp³-hybridized carbons (Fsp3) is 0.176. The summed E-state index contributed by atoms with van der Waals surface area (Å²) < 4.78 is 1.80. The van der Waals surface area contributed by atoms with Gasteiger partial charge < -0.3 is 9.88 Å². The maximum Gasteiger partial charge on any atom is 0.262 e. The van der Waals surface area contributed by atoms with Gasteiger partial charge >= 0.3 is 0 Å². The molecule has 1 N–H and O–H groups in total. The first kappa shape index (κ1) is 14.9.